The zero-order chi connectivity index (χ0) is 19.6. The Hall–Kier alpha value is -1.16. The SMILES string of the molecule is CCNC(=NCc1cccc(OCC(F)F)c1)NC1CCN(C(C)C)CC1.I. The van der Waals surface area contributed by atoms with Gasteiger partial charge in [-0.15, -0.1) is 24.0 Å². The van der Waals surface area contributed by atoms with Crippen LogP contribution in [0.4, 0.5) is 8.78 Å². The smallest absolute Gasteiger partial charge is 0.272 e. The first-order chi connectivity index (χ1) is 13.0. The molecule has 160 valence electrons. The highest BCUT2D eigenvalue weighted by Gasteiger charge is 2.21. The summed E-state index contributed by atoms with van der Waals surface area (Å²) in [6.07, 6.45) is -0.280. The molecule has 1 aliphatic heterocycles. The lowest BCUT2D eigenvalue weighted by Gasteiger charge is -2.35. The van der Waals surface area contributed by atoms with Gasteiger partial charge in [0.05, 0.1) is 6.54 Å². The first kappa shape index (κ1) is 24.9. The number of benzene rings is 1. The van der Waals surface area contributed by atoms with Crippen molar-refractivity contribution in [3.63, 3.8) is 0 Å². The zero-order valence-corrected chi connectivity index (χ0v) is 19.3. The quantitative estimate of drug-likeness (QED) is 0.317. The Bertz CT molecular complexity index is 593. The third kappa shape index (κ3) is 8.89. The number of ether oxygens (including phenoxy) is 1. The minimum atomic E-state index is -2.47. The van der Waals surface area contributed by atoms with Gasteiger partial charge in [-0.05, 0) is 51.3 Å². The number of rotatable bonds is 8. The first-order valence-corrected chi connectivity index (χ1v) is 9.76. The Morgan fingerprint density at radius 1 is 1.29 bits per heavy atom. The summed E-state index contributed by atoms with van der Waals surface area (Å²) in [5, 5.41) is 6.81. The topological polar surface area (TPSA) is 48.9 Å². The van der Waals surface area contributed by atoms with Gasteiger partial charge in [-0.3, -0.25) is 0 Å². The summed E-state index contributed by atoms with van der Waals surface area (Å²) in [4.78, 5) is 7.14. The van der Waals surface area contributed by atoms with Crippen LogP contribution in [-0.4, -0.2) is 55.6 Å². The van der Waals surface area contributed by atoms with E-state index in [1.54, 1.807) is 18.2 Å². The lowest BCUT2D eigenvalue weighted by atomic mass is 10.0. The Labute approximate surface area is 184 Å². The Morgan fingerprint density at radius 2 is 2.00 bits per heavy atom. The highest BCUT2D eigenvalue weighted by Crippen LogP contribution is 2.15. The van der Waals surface area contributed by atoms with Crippen molar-refractivity contribution in [2.45, 2.75) is 58.7 Å². The van der Waals surface area contributed by atoms with Crippen LogP contribution in [-0.2, 0) is 6.54 Å². The van der Waals surface area contributed by atoms with Crippen molar-refractivity contribution in [2.24, 2.45) is 4.99 Å². The molecule has 1 aromatic carbocycles. The molecule has 28 heavy (non-hydrogen) atoms. The number of alkyl halides is 2. The Kier molecular flexibility index (Phi) is 11.7. The van der Waals surface area contributed by atoms with E-state index in [1.165, 1.54) is 0 Å². The van der Waals surface area contributed by atoms with E-state index in [0.29, 0.717) is 24.4 Å². The number of hydrogen-bond acceptors (Lipinski definition) is 3. The van der Waals surface area contributed by atoms with E-state index in [2.05, 4.69) is 34.4 Å². The molecule has 1 fully saturated rings. The van der Waals surface area contributed by atoms with Gasteiger partial charge >= 0.3 is 0 Å². The molecule has 8 heteroatoms. The fraction of sp³-hybridized carbons (Fsp3) is 0.650. The number of guanidine groups is 1. The molecule has 2 rings (SSSR count). The highest BCUT2D eigenvalue weighted by atomic mass is 127. The van der Waals surface area contributed by atoms with Crippen molar-refractivity contribution < 1.29 is 13.5 Å². The Balaban J connectivity index is 0.00000392. The molecule has 5 nitrogen and oxygen atoms in total. The predicted molar refractivity (Wildman–Crippen MR) is 121 cm³/mol. The summed E-state index contributed by atoms with van der Waals surface area (Å²) < 4.78 is 29.6. The zero-order valence-electron chi connectivity index (χ0n) is 17.0. The summed E-state index contributed by atoms with van der Waals surface area (Å²) in [6, 6.07) is 8.17. The summed E-state index contributed by atoms with van der Waals surface area (Å²) >= 11 is 0. The molecular formula is C20H33F2IN4O. The molecule has 2 N–H and O–H groups in total. The Morgan fingerprint density at radius 3 is 2.61 bits per heavy atom. The maximum Gasteiger partial charge on any atom is 0.272 e. The average molecular weight is 510 g/mol. The number of nitrogens with one attached hydrogen (secondary N) is 2. The van der Waals surface area contributed by atoms with E-state index in [-0.39, 0.29) is 24.0 Å². The van der Waals surface area contributed by atoms with Crippen molar-refractivity contribution in [3.8, 4) is 5.75 Å². The van der Waals surface area contributed by atoms with E-state index < -0.39 is 13.0 Å². The number of hydrogen-bond donors (Lipinski definition) is 2. The summed E-state index contributed by atoms with van der Waals surface area (Å²) in [7, 11) is 0. The van der Waals surface area contributed by atoms with Gasteiger partial charge in [0, 0.05) is 31.7 Å². The van der Waals surface area contributed by atoms with Crippen LogP contribution in [0.1, 0.15) is 39.2 Å². The molecule has 0 bridgehead atoms. The van der Waals surface area contributed by atoms with Gasteiger partial charge in [-0.1, -0.05) is 12.1 Å². The largest absolute Gasteiger partial charge is 0.488 e. The van der Waals surface area contributed by atoms with Gasteiger partial charge < -0.3 is 20.3 Å². The second-order valence-electron chi connectivity index (χ2n) is 7.09. The first-order valence-electron chi connectivity index (χ1n) is 9.76. The molecule has 0 amide bonds. The van der Waals surface area contributed by atoms with E-state index in [9.17, 15) is 8.78 Å². The van der Waals surface area contributed by atoms with Gasteiger partial charge in [-0.2, -0.15) is 0 Å². The number of halogens is 3. The molecule has 0 unspecified atom stereocenters. The molecule has 1 aromatic rings. The van der Waals surface area contributed by atoms with Crippen LogP contribution >= 0.6 is 24.0 Å². The number of piperidine rings is 1. The highest BCUT2D eigenvalue weighted by molar-refractivity contribution is 14.0. The third-order valence-electron chi connectivity index (χ3n) is 4.64. The average Bonchev–Trinajstić information content (AvgIpc) is 2.65. The summed E-state index contributed by atoms with van der Waals surface area (Å²) in [6.45, 7) is 9.36. The van der Waals surface area contributed by atoms with E-state index in [0.717, 1.165) is 44.0 Å². The van der Waals surface area contributed by atoms with Crippen LogP contribution in [0.5, 0.6) is 5.75 Å². The molecule has 0 atom stereocenters. The van der Waals surface area contributed by atoms with Crippen LogP contribution < -0.4 is 15.4 Å². The standard InChI is InChI=1S/C20H32F2N4O.HI/c1-4-23-20(25-17-8-10-26(11-9-17)15(2)3)24-13-16-6-5-7-18(12-16)27-14-19(21)22;/h5-7,12,15,17,19H,4,8-11,13-14H2,1-3H3,(H2,23,24,25);1H. The molecule has 1 saturated heterocycles. The fourth-order valence-electron chi connectivity index (χ4n) is 3.14. The molecule has 0 aromatic heterocycles. The van der Waals surface area contributed by atoms with Crippen molar-refractivity contribution in [3.05, 3.63) is 29.8 Å². The molecule has 1 aliphatic rings. The lowest BCUT2D eigenvalue weighted by Crippen LogP contribution is -2.49. The van der Waals surface area contributed by atoms with E-state index >= 15 is 0 Å². The van der Waals surface area contributed by atoms with Crippen LogP contribution in [0.3, 0.4) is 0 Å². The maximum atomic E-state index is 12.3. The molecule has 0 spiro atoms. The van der Waals surface area contributed by atoms with Crippen LogP contribution in [0, 0.1) is 0 Å². The minimum absolute atomic E-state index is 0. The number of nitrogens with zero attached hydrogens (tertiary/aromatic N) is 2. The monoisotopic (exact) mass is 510 g/mol. The number of aliphatic imine (C=N–C) groups is 1. The fourth-order valence-corrected chi connectivity index (χ4v) is 3.14. The second kappa shape index (κ2) is 13.1. The molecular weight excluding hydrogens is 477 g/mol. The molecule has 0 saturated carbocycles. The van der Waals surface area contributed by atoms with E-state index in [4.69, 9.17) is 4.74 Å². The molecule has 0 aliphatic carbocycles. The predicted octanol–water partition coefficient (Wildman–Crippen LogP) is 3.88. The van der Waals surface area contributed by atoms with Crippen molar-refractivity contribution >= 4 is 29.9 Å². The van der Waals surface area contributed by atoms with Crippen LogP contribution in [0.2, 0.25) is 0 Å². The minimum Gasteiger partial charge on any atom is -0.488 e. The summed E-state index contributed by atoms with van der Waals surface area (Å²) in [5.74, 6) is 1.24. The normalized spacial score (nSPS) is 16.2. The van der Waals surface area contributed by atoms with Crippen LogP contribution in [0.25, 0.3) is 0 Å². The maximum absolute atomic E-state index is 12.3. The van der Waals surface area contributed by atoms with Crippen LogP contribution in [0.15, 0.2) is 29.3 Å². The van der Waals surface area contributed by atoms with Crippen molar-refractivity contribution in [1.82, 2.24) is 15.5 Å². The van der Waals surface area contributed by atoms with Gasteiger partial charge in [0.15, 0.2) is 5.96 Å². The molecule has 0 radical (unpaired) electrons. The van der Waals surface area contributed by atoms with Gasteiger partial charge in [0.1, 0.15) is 12.4 Å². The van der Waals surface area contributed by atoms with Gasteiger partial charge in [0.25, 0.3) is 6.43 Å². The third-order valence-corrected chi connectivity index (χ3v) is 4.64. The lowest BCUT2D eigenvalue weighted by molar-refractivity contribution is 0.0818. The van der Waals surface area contributed by atoms with Gasteiger partial charge in [0.2, 0.25) is 0 Å². The number of likely N-dealkylation sites (tertiary alicyclic amines) is 1. The molecule has 1 heterocycles. The van der Waals surface area contributed by atoms with Crippen molar-refractivity contribution in [2.75, 3.05) is 26.2 Å². The second-order valence-corrected chi connectivity index (χ2v) is 7.09. The van der Waals surface area contributed by atoms with Gasteiger partial charge in [-0.25, -0.2) is 13.8 Å². The van der Waals surface area contributed by atoms with E-state index in [1.807, 2.05) is 13.0 Å². The van der Waals surface area contributed by atoms with Crippen molar-refractivity contribution in [1.29, 1.82) is 0 Å². The summed E-state index contributed by atoms with van der Waals surface area (Å²) in [5.41, 5.74) is 0.925.